The minimum absolute atomic E-state index is 0.0848. The number of benzene rings is 2. The largest absolute Gasteiger partial charge is 0.346 e. The molecule has 0 aromatic heterocycles. The van der Waals surface area contributed by atoms with Gasteiger partial charge < -0.3 is 10.2 Å². The monoisotopic (exact) mass is 410 g/mol. The van der Waals surface area contributed by atoms with Gasteiger partial charge in [-0.1, -0.05) is 11.6 Å². The smallest absolute Gasteiger partial charge is 0.261 e. The third kappa shape index (κ3) is 6.23. The van der Waals surface area contributed by atoms with Crippen LogP contribution >= 0.6 is 11.6 Å². The second kappa shape index (κ2) is 9.73. The molecule has 0 spiro atoms. The Hall–Kier alpha value is -2.09. The number of carbonyl (C=O) groups is 1. The molecule has 27 heavy (non-hydrogen) atoms. The van der Waals surface area contributed by atoms with Gasteiger partial charge in [-0.05, 0) is 62.4 Å². The SMILES string of the molecule is CC[NH+](CC)CCNC(=O)c1ccc(S(=O)(=O)Nc2ccc(Cl)cc2)cc1. The van der Waals surface area contributed by atoms with E-state index in [2.05, 4.69) is 23.9 Å². The summed E-state index contributed by atoms with van der Waals surface area (Å²) in [6, 6.07) is 12.2. The van der Waals surface area contributed by atoms with Gasteiger partial charge in [0.15, 0.2) is 0 Å². The molecule has 0 aliphatic carbocycles. The van der Waals surface area contributed by atoms with Crippen LogP contribution in [0, 0.1) is 0 Å². The fourth-order valence-electron chi connectivity index (χ4n) is 2.58. The first-order valence-corrected chi connectivity index (χ1v) is 10.7. The third-order valence-corrected chi connectivity index (χ3v) is 5.94. The van der Waals surface area contributed by atoms with E-state index in [1.807, 2.05) is 0 Å². The van der Waals surface area contributed by atoms with Crippen molar-refractivity contribution in [3.63, 3.8) is 0 Å². The Labute approximate surface area is 165 Å². The van der Waals surface area contributed by atoms with E-state index in [0.717, 1.165) is 19.6 Å². The van der Waals surface area contributed by atoms with E-state index in [9.17, 15) is 13.2 Å². The van der Waals surface area contributed by atoms with Crippen LogP contribution < -0.4 is 14.9 Å². The predicted octanol–water partition coefficient (Wildman–Crippen LogP) is 1.80. The van der Waals surface area contributed by atoms with E-state index in [1.54, 1.807) is 24.3 Å². The quantitative estimate of drug-likeness (QED) is 0.589. The van der Waals surface area contributed by atoms with Gasteiger partial charge in [0.2, 0.25) is 0 Å². The molecule has 2 aromatic rings. The summed E-state index contributed by atoms with van der Waals surface area (Å²) in [4.78, 5) is 13.7. The van der Waals surface area contributed by atoms with Crippen LogP contribution in [0.1, 0.15) is 24.2 Å². The van der Waals surface area contributed by atoms with Crippen molar-refractivity contribution in [2.45, 2.75) is 18.7 Å². The van der Waals surface area contributed by atoms with E-state index in [1.165, 1.54) is 29.2 Å². The van der Waals surface area contributed by atoms with Gasteiger partial charge in [0.1, 0.15) is 0 Å². The number of sulfonamides is 1. The highest BCUT2D eigenvalue weighted by Gasteiger charge is 2.15. The fraction of sp³-hybridized carbons (Fsp3) is 0.316. The highest BCUT2D eigenvalue weighted by Crippen LogP contribution is 2.18. The number of quaternary nitrogens is 1. The van der Waals surface area contributed by atoms with E-state index in [4.69, 9.17) is 11.6 Å². The summed E-state index contributed by atoms with van der Waals surface area (Å²) in [6.45, 7) is 7.68. The zero-order valence-electron chi connectivity index (χ0n) is 15.5. The van der Waals surface area contributed by atoms with Gasteiger partial charge in [0.25, 0.3) is 15.9 Å². The number of rotatable bonds is 9. The molecule has 0 atom stereocenters. The molecule has 2 rings (SSSR count). The molecule has 0 saturated carbocycles. The van der Waals surface area contributed by atoms with Crippen molar-refractivity contribution in [1.29, 1.82) is 0 Å². The standard InChI is InChI=1S/C19H24ClN3O3S/c1-3-23(4-2)14-13-21-19(24)15-5-11-18(12-6-15)27(25,26)22-17-9-7-16(20)8-10-17/h5-12,22H,3-4,13-14H2,1-2H3,(H,21,24)/p+1. The lowest BCUT2D eigenvalue weighted by Gasteiger charge is -2.15. The molecular weight excluding hydrogens is 386 g/mol. The van der Waals surface area contributed by atoms with Crippen LogP contribution in [0.25, 0.3) is 0 Å². The van der Waals surface area contributed by atoms with Crippen molar-refractivity contribution >= 4 is 33.2 Å². The van der Waals surface area contributed by atoms with Crippen LogP contribution in [0.4, 0.5) is 5.69 Å². The van der Waals surface area contributed by atoms with Crippen LogP contribution in [0.3, 0.4) is 0 Å². The van der Waals surface area contributed by atoms with Crippen LogP contribution in [0.15, 0.2) is 53.4 Å². The molecule has 0 heterocycles. The van der Waals surface area contributed by atoms with Crippen LogP contribution in [-0.2, 0) is 10.0 Å². The summed E-state index contributed by atoms with van der Waals surface area (Å²) in [6.07, 6.45) is 0. The number of nitrogens with one attached hydrogen (secondary N) is 3. The van der Waals surface area contributed by atoms with Crippen molar-refractivity contribution in [3.8, 4) is 0 Å². The van der Waals surface area contributed by atoms with E-state index in [0.29, 0.717) is 22.8 Å². The third-order valence-electron chi connectivity index (χ3n) is 4.29. The van der Waals surface area contributed by atoms with Gasteiger partial charge >= 0.3 is 0 Å². The minimum atomic E-state index is -3.73. The number of carbonyl (C=O) groups excluding carboxylic acids is 1. The van der Waals surface area contributed by atoms with Crippen molar-refractivity contribution in [2.24, 2.45) is 0 Å². The predicted molar refractivity (Wildman–Crippen MR) is 108 cm³/mol. The Bertz CT molecular complexity index is 849. The van der Waals surface area contributed by atoms with Gasteiger partial charge in [-0.15, -0.1) is 0 Å². The van der Waals surface area contributed by atoms with Gasteiger partial charge in [-0.25, -0.2) is 8.42 Å². The first kappa shape index (κ1) is 21.2. The Morgan fingerprint density at radius 2 is 1.59 bits per heavy atom. The molecule has 2 aromatic carbocycles. The lowest BCUT2D eigenvalue weighted by molar-refractivity contribution is -0.895. The van der Waals surface area contributed by atoms with Crippen molar-refractivity contribution in [3.05, 3.63) is 59.1 Å². The molecule has 6 nitrogen and oxygen atoms in total. The van der Waals surface area contributed by atoms with Crippen LogP contribution in [-0.4, -0.2) is 40.5 Å². The van der Waals surface area contributed by atoms with Crippen molar-refractivity contribution in [2.75, 3.05) is 30.9 Å². The van der Waals surface area contributed by atoms with E-state index < -0.39 is 10.0 Å². The highest BCUT2D eigenvalue weighted by atomic mass is 35.5. The number of halogens is 1. The van der Waals surface area contributed by atoms with Gasteiger partial charge in [-0.2, -0.15) is 0 Å². The number of hydrogen-bond donors (Lipinski definition) is 3. The Morgan fingerprint density at radius 3 is 2.15 bits per heavy atom. The van der Waals surface area contributed by atoms with Gasteiger partial charge in [0.05, 0.1) is 31.1 Å². The molecule has 146 valence electrons. The summed E-state index contributed by atoms with van der Waals surface area (Å²) in [5.41, 5.74) is 0.843. The summed E-state index contributed by atoms with van der Waals surface area (Å²) < 4.78 is 27.3. The number of likely N-dealkylation sites (N-methyl/N-ethyl adjacent to an activating group) is 1. The van der Waals surface area contributed by atoms with Gasteiger partial charge in [-0.3, -0.25) is 9.52 Å². The second-order valence-corrected chi connectivity index (χ2v) is 8.22. The average molecular weight is 411 g/mol. The Morgan fingerprint density at radius 1 is 1.00 bits per heavy atom. The molecule has 1 amide bonds. The zero-order valence-corrected chi connectivity index (χ0v) is 17.0. The Balaban J connectivity index is 1.98. The number of amides is 1. The molecule has 3 N–H and O–H groups in total. The first-order valence-electron chi connectivity index (χ1n) is 8.86. The maximum atomic E-state index is 12.4. The fourth-order valence-corrected chi connectivity index (χ4v) is 3.76. The lowest BCUT2D eigenvalue weighted by atomic mass is 10.2. The summed E-state index contributed by atoms with van der Waals surface area (Å²) in [7, 11) is -3.73. The van der Waals surface area contributed by atoms with Crippen LogP contribution in [0.2, 0.25) is 5.02 Å². The average Bonchev–Trinajstić information content (AvgIpc) is 2.67. The molecule has 0 bridgehead atoms. The van der Waals surface area contributed by atoms with Crippen molar-refractivity contribution in [1.82, 2.24) is 5.32 Å². The summed E-state index contributed by atoms with van der Waals surface area (Å²) in [5.74, 6) is -0.212. The van der Waals surface area contributed by atoms with E-state index >= 15 is 0 Å². The number of anilines is 1. The number of hydrogen-bond acceptors (Lipinski definition) is 3. The molecule has 0 radical (unpaired) electrons. The summed E-state index contributed by atoms with van der Waals surface area (Å²) >= 11 is 5.80. The second-order valence-electron chi connectivity index (χ2n) is 6.10. The topological polar surface area (TPSA) is 79.7 Å². The highest BCUT2D eigenvalue weighted by molar-refractivity contribution is 7.92. The van der Waals surface area contributed by atoms with E-state index in [-0.39, 0.29) is 10.8 Å². The molecule has 8 heteroatoms. The Kier molecular flexibility index (Phi) is 7.65. The molecular formula is C19H25ClN3O3S+. The molecule has 0 unspecified atom stereocenters. The van der Waals surface area contributed by atoms with Crippen LogP contribution in [0.5, 0.6) is 0 Å². The maximum absolute atomic E-state index is 12.4. The summed E-state index contributed by atoms with van der Waals surface area (Å²) in [5, 5.41) is 3.39. The minimum Gasteiger partial charge on any atom is -0.346 e. The first-order chi connectivity index (χ1) is 12.9. The molecule has 0 aliphatic rings. The lowest BCUT2D eigenvalue weighted by Crippen LogP contribution is -3.12. The normalized spacial score (nSPS) is 11.4. The zero-order chi connectivity index (χ0) is 19.9. The molecule has 0 saturated heterocycles. The van der Waals surface area contributed by atoms with Crippen molar-refractivity contribution < 1.29 is 18.1 Å². The van der Waals surface area contributed by atoms with Gasteiger partial charge in [0, 0.05) is 16.3 Å². The molecule has 0 fully saturated rings. The molecule has 0 aliphatic heterocycles. The maximum Gasteiger partial charge on any atom is 0.261 e.